The maximum atomic E-state index is 12.3. The lowest BCUT2D eigenvalue weighted by molar-refractivity contribution is -0.880. The van der Waals surface area contributed by atoms with Crippen LogP contribution in [0.25, 0.3) is 5.57 Å². The molecule has 4 rings (SSSR count). The molecule has 0 radical (unpaired) electrons. The number of thiazole rings is 1. The quantitative estimate of drug-likeness (QED) is 0.707. The molecule has 23 heavy (non-hydrogen) atoms. The van der Waals surface area contributed by atoms with Crippen molar-refractivity contribution >= 4 is 27.9 Å². The molecule has 6 nitrogen and oxygen atoms in total. The number of nitrogens with zero attached hydrogens (tertiary/aromatic N) is 3. The van der Waals surface area contributed by atoms with Crippen LogP contribution in [0.15, 0.2) is 29.3 Å². The number of aromatic nitrogens is 1. The molecule has 0 bridgehead atoms. The Morgan fingerprint density at radius 2 is 2.00 bits per heavy atom. The van der Waals surface area contributed by atoms with Gasteiger partial charge in [0.05, 0.1) is 44.2 Å². The van der Waals surface area contributed by atoms with E-state index in [1.807, 2.05) is 24.3 Å². The molecule has 118 valence electrons. The normalized spacial score (nSPS) is 18.2. The molecule has 3 heterocycles. The second kappa shape index (κ2) is 5.43. The largest absolute Gasteiger partial charge is 0.492 e. The number of hydrogen-bond acceptors (Lipinski definition) is 5. The highest BCUT2D eigenvalue weighted by molar-refractivity contribution is 7.17. The third kappa shape index (κ3) is 2.42. The number of para-hydroxylation sites is 1. The Bertz CT molecular complexity index is 897. The van der Waals surface area contributed by atoms with E-state index in [0.29, 0.717) is 15.8 Å². The Labute approximate surface area is 137 Å². The van der Waals surface area contributed by atoms with Gasteiger partial charge in [0.15, 0.2) is 5.13 Å². The van der Waals surface area contributed by atoms with Crippen molar-refractivity contribution in [3.8, 4) is 5.88 Å². The van der Waals surface area contributed by atoms with Crippen molar-refractivity contribution in [2.75, 3.05) is 38.1 Å². The van der Waals surface area contributed by atoms with Crippen LogP contribution < -0.4 is 20.4 Å². The molecule has 0 unspecified atom stereocenters. The molecule has 7 heteroatoms. The molecule has 0 saturated carbocycles. The molecule has 0 aliphatic carbocycles. The Kier molecular flexibility index (Phi) is 3.39. The van der Waals surface area contributed by atoms with Crippen LogP contribution in [0.4, 0.5) is 5.13 Å². The number of nitrogens with one attached hydrogen (secondary N) is 1. The number of likely N-dealkylation sites (N-methyl/N-ethyl adjacent to an activating group) is 1. The molecular weight excluding hydrogens is 312 g/mol. The van der Waals surface area contributed by atoms with E-state index in [1.165, 1.54) is 16.2 Å². The van der Waals surface area contributed by atoms with Crippen LogP contribution in [0.5, 0.6) is 5.88 Å². The summed E-state index contributed by atoms with van der Waals surface area (Å²) in [7, 11) is 2.17. The Hall–Kier alpha value is -2.25. The lowest BCUT2D eigenvalue weighted by Crippen LogP contribution is -3.12. The minimum absolute atomic E-state index is 0.0773. The summed E-state index contributed by atoms with van der Waals surface area (Å²) in [5.74, 6) is -0.383. The zero-order valence-electron chi connectivity index (χ0n) is 12.7. The van der Waals surface area contributed by atoms with Gasteiger partial charge in [-0.15, -0.1) is 0 Å². The fraction of sp³-hybridized carbons (Fsp3) is 0.312. The first-order valence-corrected chi connectivity index (χ1v) is 8.44. The van der Waals surface area contributed by atoms with Crippen molar-refractivity contribution in [3.63, 3.8) is 0 Å². The number of amides is 1. The summed E-state index contributed by atoms with van der Waals surface area (Å²) in [5.41, 5.74) is 0.460. The monoisotopic (exact) mass is 329 g/mol. The Balaban J connectivity index is 1.77. The number of rotatable bonds is 2. The molecule has 1 aromatic carbocycles. The number of piperazine rings is 1. The van der Waals surface area contributed by atoms with Crippen LogP contribution in [0.3, 0.4) is 0 Å². The number of anilines is 1. The number of fused-ring (bicyclic) bond motifs is 1. The standard InChI is InChI=1S/C16H16N4O2S/c1-19-6-8-20(9-7-19)16-18-15(22)13(23-16)12-10-4-2-3-5-11(10)17-14(12)21/h2-5,22H,6-9H2,1H3/p+1. The summed E-state index contributed by atoms with van der Waals surface area (Å²) >= 11 is 1.37. The first-order chi connectivity index (χ1) is 11.1. The molecule has 2 aliphatic heterocycles. The van der Waals surface area contributed by atoms with Crippen LogP contribution in [-0.2, 0) is 4.79 Å². The van der Waals surface area contributed by atoms with Crippen molar-refractivity contribution in [3.05, 3.63) is 39.7 Å². The Morgan fingerprint density at radius 3 is 2.78 bits per heavy atom. The lowest BCUT2D eigenvalue weighted by atomic mass is 10.1. The predicted octanol–water partition coefficient (Wildman–Crippen LogP) is -1.46. The molecule has 1 fully saturated rings. The number of carbonyl (C=O) groups is 1. The molecule has 1 amide bonds. The molecule has 1 aromatic heterocycles. The zero-order valence-corrected chi connectivity index (χ0v) is 13.6. The highest BCUT2D eigenvalue weighted by Crippen LogP contribution is 2.35. The molecule has 1 saturated heterocycles. The van der Waals surface area contributed by atoms with Crippen molar-refractivity contribution in [1.29, 1.82) is 0 Å². The van der Waals surface area contributed by atoms with Crippen molar-refractivity contribution in [1.82, 2.24) is 4.98 Å². The van der Waals surface area contributed by atoms with Gasteiger partial charge >= 0.3 is 0 Å². The zero-order chi connectivity index (χ0) is 16.0. The summed E-state index contributed by atoms with van der Waals surface area (Å²) in [6.45, 7) is 3.90. The van der Waals surface area contributed by atoms with Gasteiger partial charge in [0.25, 0.3) is 5.91 Å². The second-order valence-electron chi connectivity index (χ2n) is 5.90. The average molecular weight is 329 g/mol. The number of quaternary nitrogens is 1. The fourth-order valence-corrected chi connectivity index (χ4v) is 4.02. The van der Waals surface area contributed by atoms with Crippen LogP contribution in [0.1, 0.15) is 4.88 Å². The highest BCUT2D eigenvalue weighted by atomic mass is 32.1. The van der Waals surface area contributed by atoms with Crippen LogP contribution in [0.2, 0.25) is 0 Å². The molecule has 0 atom stereocenters. The van der Waals surface area contributed by atoms with E-state index in [1.54, 1.807) is 0 Å². The third-order valence-electron chi connectivity index (χ3n) is 4.32. The van der Waals surface area contributed by atoms with Gasteiger partial charge in [0.2, 0.25) is 5.88 Å². The molecular formula is C16H17N4O2S+. The van der Waals surface area contributed by atoms with E-state index in [2.05, 4.69) is 21.9 Å². The van der Waals surface area contributed by atoms with E-state index >= 15 is 0 Å². The van der Waals surface area contributed by atoms with E-state index in [4.69, 9.17) is 0 Å². The summed E-state index contributed by atoms with van der Waals surface area (Å²) in [4.78, 5) is 24.8. The van der Waals surface area contributed by atoms with E-state index in [0.717, 1.165) is 36.5 Å². The van der Waals surface area contributed by atoms with E-state index < -0.39 is 0 Å². The fourth-order valence-electron chi connectivity index (χ4n) is 2.96. The SMILES string of the molecule is C[NH+]1CCN(c2nc(O)c(C3=c4ccccc4=NC3=O)s2)CC1. The molecule has 2 aliphatic rings. The van der Waals surface area contributed by atoms with E-state index in [-0.39, 0.29) is 11.8 Å². The van der Waals surface area contributed by atoms with E-state index in [9.17, 15) is 9.90 Å². The number of hydrogen-bond donors (Lipinski definition) is 2. The minimum atomic E-state index is -0.306. The first kappa shape index (κ1) is 14.3. The number of aromatic hydroxyl groups is 1. The summed E-state index contributed by atoms with van der Waals surface area (Å²) in [6, 6.07) is 7.39. The topological polar surface area (TPSA) is 70.2 Å². The van der Waals surface area contributed by atoms with Crippen LogP contribution >= 0.6 is 11.3 Å². The molecule has 2 N–H and O–H groups in total. The molecule has 2 aromatic rings. The Morgan fingerprint density at radius 1 is 1.26 bits per heavy atom. The minimum Gasteiger partial charge on any atom is -0.492 e. The maximum Gasteiger partial charge on any atom is 0.279 e. The number of benzene rings is 1. The molecule has 0 spiro atoms. The van der Waals surface area contributed by atoms with Crippen molar-refractivity contribution < 1.29 is 14.8 Å². The van der Waals surface area contributed by atoms with Gasteiger partial charge in [0, 0.05) is 5.22 Å². The van der Waals surface area contributed by atoms with Crippen LogP contribution in [-0.4, -0.2) is 49.2 Å². The number of carbonyl (C=O) groups excluding carboxylic acids is 1. The van der Waals surface area contributed by atoms with Crippen LogP contribution in [0, 0.1) is 0 Å². The second-order valence-corrected chi connectivity index (χ2v) is 6.88. The van der Waals surface area contributed by atoms with Gasteiger partial charge in [0.1, 0.15) is 4.88 Å². The smallest absolute Gasteiger partial charge is 0.279 e. The van der Waals surface area contributed by atoms with Crippen molar-refractivity contribution in [2.24, 2.45) is 4.99 Å². The van der Waals surface area contributed by atoms with Gasteiger partial charge in [-0.1, -0.05) is 29.5 Å². The first-order valence-electron chi connectivity index (χ1n) is 7.62. The summed E-state index contributed by atoms with van der Waals surface area (Å²) < 4.78 is 0. The predicted molar refractivity (Wildman–Crippen MR) is 87.4 cm³/mol. The van der Waals surface area contributed by atoms with Gasteiger partial charge in [-0.2, -0.15) is 4.98 Å². The summed E-state index contributed by atoms with van der Waals surface area (Å²) in [5, 5.41) is 12.5. The highest BCUT2D eigenvalue weighted by Gasteiger charge is 2.27. The summed E-state index contributed by atoms with van der Waals surface area (Å²) in [6.07, 6.45) is 0. The van der Waals surface area contributed by atoms with Gasteiger partial charge in [-0.25, -0.2) is 4.99 Å². The van der Waals surface area contributed by atoms with Gasteiger partial charge < -0.3 is 14.9 Å². The average Bonchev–Trinajstić information content (AvgIpc) is 3.07. The lowest BCUT2D eigenvalue weighted by Gasteiger charge is -2.29. The van der Waals surface area contributed by atoms with Gasteiger partial charge in [-0.05, 0) is 6.07 Å². The van der Waals surface area contributed by atoms with Gasteiger partial charge in [-0.3, -0.25) is 4.79 Å². The third-order valence-corrected chi connectivity index (χ3v) is 5.44. The van der Waals surface area contributed by atoms with Crippen molar-refractivity contribution in [2.45, 2.75) is 0 Å². The maximum absolute atomic E-state index is 12.3.